The summed E-state index contributed by atoms with van der Waals surface area (Å²) in [6, 6.07) is 15.0. The van der Waals surface area contributed by atoms with Gasteiger partial charge in [0.2, 0.25) is 0 Å². The summed E-state index contributed by atoms with van der Waals surface area (Å²) in [6.45, 7) is -0.180. The molecule has 2 aromatic carbocycles. The first-order chi connectivity index (χ1) is 10.2. The van der Waals surface area contributed by atoms with Gasteiger partial charge in [0.25, 0.3) is 0 Å². The smallest absolute Gasteiger partial charge is 0.174 e. The maximum absolute atomic E-state index is 9.73. The van der Waals surface area contributed by atoms with Gasteiger partial charge in [-0.05, 0) is 18.2 Å². The minimum absolute atomic E-state index is 0.180. The fourth-order valence-corrected chi connectivity index (χ4v) is 2.87. The average Bonchev–Trinajstić information content (AvgIpc) is 2.91. The van der Waals surface area contributed by atoms with E-state index in [-0.39, 0.29) is 6.61 Å². The Balaban J connectivity index is 2.19. The molecule has 106 valence electrons. The molecule has 0 radical (unpaired) electrons. The Morgan fingerprint density at radius 2 is 1.71 bits per heavy atom. The molecule has 1 aromatic heterocycles. The van der Waals surface area contributed by atoms with E-state index in [0.29, 0.717) is 22.0 Å². The number of halogens is 2. The van der Waals surface area contributed by atoms with Gasteiger partial charge in [0.05, 0.1) is 17.2 Å². The Hall–Kier alpha value is -1.62. The Morgan fingerprint density at radius 3 is 2.38 bits per heavy atom. The number of hydrogen-bond acceptors (Lipinski definition) is 3. The number of hydrogen-bond donors (Lipinski definition) is 1. The van der Waals surface area contributed by atoms with E-state index in [1.54, 1.807) is 6.07 Å². The lowest BCUT2D eigenvalue weighted by Crippen LogP contribution is -1.90. The van der Waals surface area contributed by atoms with Crippen molar-refractivity contribution < 1.29 is 9.63 Å². The molecule has 0 saturated carbocycles. The van der Waals surface area contributed by atoms with E-state index in [9.17, 15) is 5.11 Å². The lowest BCUT2D eigenvalue weighted by Gasteiger charge is -2.04. The predicted octanol–water partition coefficient (Wildman–Crippen LogP) is 4.92. The number of aromatic nitrogens is 1. The molecule has 0 aliphatic rings. The van der Waals surface area contributed by atoms with Gasteiger partial charge in [-0.15, -0.1) is 0 Å². The van der Waals surface area contributed by atoms with E-state index >= 15 is 0 Å². The van der Waals surface area contributed by atoms with Crippen LogP contribution in [0.1, 0.15) is 5.56 Å². The number of benzene rings is 2. The van der Waals surface area contributed by atoms with Crippen LogP contribution in [0.5, 0.6) is 0 Å². The van der Waals surface area contributed by atoms with E-state index in [0.717, 1.165) is 15.6 Å². The zero-order chi connectivity index (χ0) is 14.8. The van der Waals surface area contributed by atoms with Crippen LogP contribution in [0.2, 0.25) is 5.02 Å². The first kappa shape index (κ1) is 14.3. The van der Waals surface area contributed by atoms with E-state index in [4.69, 9.17) is 16.1 Å². The van der Waals surface area contributed by atoms with Crippen LogP contribution in [0.15, 0.2) is 57.5 Å². The van der Waals surface area contributed by atoms with Gasteiger partial charge < -0.3 is 9.63 Å². The van der Waals surface area contributed by atoms with Crippen LogP contribution in [0.25, 0.3) is 22.6 Å². The van der Waals surface area contributed by atoms with Gasteiger partial charge in [-0.2, -0.15) is 0 Å². The van der Waals surface area contributed by atoms with Crippen molar-refractivity contribution in [2.45, 2.75) is 6.61 Å². The third-order valence-corrected chi connectivity index (χ3v) is 4.21. The number of aliphatic hydroxyl groups excluding tert-OH is 1. The van der Waals surface area contributed by atoms with Gasteiger partial charge in [-0.25, -0.2) is 0 Å². The molecule has 1 N–H and O–H groups in total. The van der Waals surface area contributed by atoms with Crippen molar-refractivity contribution in [3.63, 3.8) is 0 Å². The molecule has 5 heteroatoms. The fourth-order valence-electron chi connectivity index (χ4n) is 2.18. The zero-order valence-electron chi connectivity index (χ0n) is 10.9. The number of aliphatic hydroxyl groups is 1. The minimum atomic E-state index is -0.180. The van der Waals surface area contributed by atoms with Gasteiger partial charge in [-0.3, -0.25) is 0 Å². The summed E-state index contributed by atoms with van der Waals surface area (Å²) in [7, 11) is 0. The van der Waals surface area contributed by atoms with Gasteiger partial charge >= 0.3 is 0 Å². The second-order valence-electron chi connectivity index (χ2n) is 4.46. The molecule has 1 heterocycles. The summed E-state index contributed by atoms with van der Waals surface area (Å²) >= 11 is 9.68. The van der Waals surface area contributed by atoms with Crippen molar-refractivity contribution in [3.8, 4) is 22.6 Å². The van der Waals surface area contributed by atoms with Crippen LogP contribution >= 0.6 is 27.5 Å². The van der Waals surface area contributed by atoms with Crippen LogP contribution in [0, 0.1) is 0 Å². The van der Waals surface area contributed by atoms with E-state index in [2.05, 4.69) is 21.1 Å². The van der Waals surface area contributed by atoms with Crippen LogP contribution in [-0.4, -0.2) is 10.3 Å². The molecule has 0 bridgehead atoms. The van der Waals surface area contributed by atoms with Gasteiger partial charge in [0.15, 0.2) is 5.76 Å². The molecule has 0 atom stereocenters. The minimum Gasteiger partial charge on any atom is -0.391 e. The highest BCUT2D eigenvalue weighted by atomic mass is 79.9. The maximum Gasteiger partial charge on any atom is 0.174 e. The van der Waals surface area contributed by atoms with Crippen molar-refractivity contribution in [2.75, 3.05) is 0 Å². The topological polar surface area (TPSA) is 46.3 Å². The van der Waals surface area contributed by atoms with E-state index in [1.807, 2.05) is 42.5 Å². The first-order valence-corrected chi connectivity index (χ1v) is 7.48. The molecule has 0 unspecified atom stereocenters. The number of rotatable bonds is 3. The Kier molecular flexibility index (Phi) is 4.10. The lowest BCUT2D eigenvalue weighted by molar-refractivity contribution is 0.281. The number of nitrogens with zero attached hydrogens (tertiary/aromatic N) is 1. The van der Waals surface area contributed by atoms with Crippen LogP contribution in [0.3, 0.4) is 0 Å². The predicted molar refractivity (Wildman–Crippen MR) is 86.0 cm³/mol. The summed E-state index contributed by atoms with van der Waals surface area (Å²) in [5.74, 6) is 0.542. The van der Waals surface area contributed by atoms with Crippen molar-refractivity contribution in [3.05, 3.63) is 63.6 Å². The highest BCUT2D eigenvalue weighted by molar-refractivity contribution is 9.10. The maximum atomic E-state index is 9.73. The third kappa shape index (κ3) is 2.62. The molecule has 0 fully saturated rings. The van der Waals surface area contributed by atoms with Crippen LogP contribution < -0.4 is 0 Å². The van der Waals surface area contributed by atoms with E-state index < -0.39 is 0 Å². The molecule has 0 spiro atoms. The molecule has 0 saturated heterocycles. The highest BCUT2D eigenvalue weighted by Crippen LogP contribution is 2.37. The zero-order valence-corrected chi connectivity index (χ0v) is 13.2. The SMILES string of the molecule is OCc1c(-c2ccccc2Cl)noc1-c1ccccc1Br. The largest absolute Gasteiger partial charge is 0.391 e. The summed E-state index contributed by atoms with van der Waals surface area (Å²) in [5, 5.41) is 14.4. The normalized spacial score (nSPS) is 10.8. The van der Waals surface area contributed by atoms with E-state index in [1.165, 1.54) is 0 Å². The van der Waals surface area contributed by atoms with Gasteiger partial charge in [0.1, 0.15) is 5.69 Å². The molecule has 0 amide bonds. The third-order valence-electron chi connectivity index (χ3n) is 3.19. The molecule has 3 rings (SSSR count). The Morgan fingerprint density at radius 1 is 1.05 bits per heavy atom. The van der Waals surface area contributed by atoms with Crippen molar-refractivity contribution >= 4 is 27.5 Å². The average molecular weight is 365 g/mol. The quantitative estimate of drug-likeness (QED) is 0.718. The highest BCUT2D eigenvalue weighted by Gasteiger charge is 2.20. The van der Waals surface area contributed by atoms with Crippen molar-refractivity contribution in [2.24, 2.45) is 0 Å². The summed E-state index contributed by atoms with van der Waals surface area (Å²) in [5.41, 5.74) is 2.77. The molecular weight excluding hydrogens is 354 g/mol. The summed E-state index contributed by atoms with van der Waals surface area (Å²) < 4.78 is 6.34. The fraction of sp³-hybridized carbons (Fsp3) is 0.0625. The molecule has 0 aliphatic carbocycles. The molecule has 21 heavy (non-hydrogen) atoms. The standard InChI is InChI=1S/C16H11BrClNO2/c17-13-7-3-1-5-10(13)16-12(9-20)15(19-21-16)11-6-2-4-8-14(11)18/h1-8,20H,9H2. The molecule has 0 aliphatic heterocycles. The van der Waals surface area contributed by atoms with Crippen molar-refractivity contribution in [1.82, 2.24) is 5.16 Å². The lowest BCUT2D eigenvalue weighted by atomic mass is 10.0. The van der Waals surface area contributed by atoms with Gasteiger partial charge in [-0.1, -0.05) is 63.0 Å². The molecule has 3 aromatic rings. The Bertz CT molecular complexity index is 722. The summed E-state index contributed by atoms with van der Waals surface area (Å²) in [6.07, 6.45) is 0. The first-order valence-electron chi connectivity index (χ1n) is 6.31. The molecule has 3 nitrogen and oxygen atoms in total. The second-order valence-corrected chi connectivity index (χ2v) is 5.72. The Labute approximate surface area is 135 Å². The monoisotopic (exact) mass is 363 g/mol. The van der Waals surface area contributed by atoms with Gasteiger partial charge in [0, 0.05) is 15.6 Å². The second kappa shape index (κ2) is 6.02. The molecular formula is C16H11BrClNO2. The van der Waals surface area contributed by atoms with Crippen LogP contribution in [0.4, 0.5) is 0 Å². The summed E-state index contributed by atoms with van der Waals surface area (Å²) in [4.78, 5) is 0. The van der Waals surface area contributed by atoms with Crippen LogP contribution in [-0.2, 0) is 6.61 Å². The van der Waals surface area contributed by atoms with Crippen molar-refractivity contribution in [1.29, 1.82) is 0 Å².